The summed E-state index contributed by atoms with van der Waals surface area (Å²) in [5.41, 5.74) is 3.86. The molecule has 3 aromatic heterocycles. The number of carbonyl (C=O) groups excluding carboxylic acids is 1. The van der Waals surface area contributed by atoms with Gasteiger partial charge < -0.3 is 0 Å². The van der Waals surface area contributed by atoms with Crippen molar-refractivity contribution in [2.24, 2.45) is 0 Å². The van der Waals surface area contributed by atoms with Gasteiger partial charge in [0.15, 0.2) is 11.4 Å². The first kappa shape index (κ1) is 16.9. The minimum atomic E-state index is 0.0908. The predicted octanol–water partition coefficient (Wildman–Crippen LogP) is 4.39. The molecule has 0 amide bonds. The monoisotopic (exact) mass is 380 g/mol. The maximum Gasteiger partial charge on any atom is 0.212 e. The molecular formula is C19H16N4OS2. The summed E-state index contributed by atoms with van der Waals surface area (Å²) in [4.78, 5) is 13.0. The summed E-state index contributed by atoms with van der Waals surface area (Å²) in [6, 6.07) is 15.9. The van der Waals surface area contributed by atoms with Gasteiger partial charge in [0.25, 0.3) is 0 Å². The van der Waals surface area contributed by atoms with Crippen LogP contribution >= 0.6 is 23.1 Å². The number of aryl methyl sites for hydroxylation is 1. The maximum absolute atomic E-state index is 12.2. The van der Waals surface area contributed by atoms with Crippen molar-refractivity contribution in [2.75, 3.05) is 5.75 Å². The van der Waals surface area contributed by atoms with Gasteiger partial charge >= 0.3 is 0 Å². The fraction of sp³-hybridized carbons (Fsp3) is 0.158. The van der Waals surface area contributed by atoms with E-state index < -0.39 is 0 Å². The van der Waals surface area contributed by atoms with Gasteiger partial charge in [-0.15, -0.1) is 21.5 Å². The van der Waals surface area contributed by atoms with Crippen LogP contribution in [-0.4, -0.2) is 31.3 Å². The van der Waals surface area contributed by atoms with Crippen LogP contribution in [0.25, 0.3) is 16.9 Å². The molecule has 0 aliphatic carbocycles. The molecule has 0 aliphatic rings. The molecule has 26 heavy (non-hydrogen) atoms. The standard InChI is InChI=1S/C19H16N4OS2/c1-2-13-5-7-14(8-6-13)15-9-10-18-20-21-19(23(18)22-15)26-12-16(24)17-4-3-11-25-17/h3-11H,2,12H2,1H3. The lowest BCUT2D eigenvalue weighted by Gasteiger charge is -2.04. The second kappa shape index (κ2) is 7.39. The Morgan fingerprint density at radius 3 is 2.69 bits per heavy atom. The van der Waals surface area contributed by atoms with Gasteiger partial charge in [-0.2, -0.15) is 9.61 Å². The van der Waals surface area contributed by atoms with Crippen LogP contribution in [0, 0.1) is 0 Å². The number of Topliss-reactive ketones (excluding diaryl/α,β-unsaturated/α-hetero) is 1. The second-order valence-corrected chi connectivity index (χ2v) is 7.60. The Morgan fingerprint density at radius 2 is 1.96 bits per heavy atom. The van der Waals surface area contributed by atoms with Gasteiger partial charge in [-0.3, -0.25) is 4.79 Å². The zero-order valence-corrected chi connectivity index (χ0v) is 15.8. The molecule has 0 atom stereocenters. The van der Waals surface area contributed by atoms with Crippen LogP contribution in [0.4, 0.5) is 0 Å². The summed E-state index contributed by atoms with van der Waals surface area (Å²) in [5, 5.41) is 15.5. The topological polar surface area (TPSA) is 60.2 Å². The number of aromatic nitrogens is 4. The molecule has 3 heterocycles. The molecule has 0 aliphatic heterocycles. The molecule has 0 N–H and O–H groups in total. The molecule has 0 unspecified atom stereocenters. The van der Waals surface area contributed by atoms with Crippen molar-refractivity contribution in [1.82, 2.24) is 19.8 Å². The van der Waals surface area contributed by atoms with Gasteiger partial charge in [-0.1, -0.05) is 49.0 Å². The summed E-state index contributed by atoms with van der Waals surface area (Å²) in [5.74, 6) is 0.409. The zero-order valence-electron chi connectivity index (χ0n) is 14.1. The van der Waals surface area contributed by atoms with Crippen LogP contribution < -0.4 is 0 Å². The van der Waals surface area contributed by atoms with Crippen molar-refractivity contribution in [3.05, 3.63) is 64.4 Å². The van der Waals surface area contributed by atoms with E-state index in [-0.39, 0.29) is 5.78 Å². The average Bonchev–Trinajstić information content (AvgIpc) is 3.36. The van der Waals surface area contributed by atoms with E-state index in [9.17, 15) is 4.79 Å². The fourth-order valence-corrected chi connectivity index (χ4v) is 4.09. The summed E-state index contributed by atoms with van der Waals surface area (Å²) in [6.45, 7) is 2.14. The summed E-state index contributed by atoms with van der Waals surface area (Å²) in [6.07, 6.45) is 1.01. The highest BCUT2D eigenvalue weighted by atomic mass is 32.2. The SMILES string of the molecule is CCc1ccc(-c2ccc3nnc(SCC(=O)c4cccs4)n3n2)cc1. The first-order valence-corrected chi connectivity index (χ1v) is 10.1. The van der Waals surface area contributed by atoms with E-state index in [1.165, 1.54) is 28.7 Å². The minimum Gasteiger partial charge on any atom is -0.292 e. The van der Waals surface area contributed by atoms with E-state index in [0.29, 0.717) is 16.6 Å². The molecule has 0 radical (unpaired) electrons. The molecule has 0 saturated heterocycles. The quantitative estimate of drug-likeness (QED) is 0.367. The Labute approximate surface area is 159 Å². The normalized spacial score (nSPS) is 11.1. The number of fused-ring (bicyclic) bond motifs is 1. The van der Waals surface area contributed by atoms with Crippen molar-refractivity contribution in [1.29, 1.82) is 0 Å². The summed E-state index contributed by atoms with van der Waals surface area (Å²) >= 11 is 2.81. The molecular weight excluding hydrogens is 364 g/mol. The van der Waals surface area contributed by atoms with E-state index in [1.807, 2.05) is 29.6 Å². The van der Waals surface area contributed by atoms with Crippen LogP contribution in [0.3, 0.4) is 0 Å². The van der Waals surface area contributed by atoms with E-state index in [4.69, 9.17) is 0 Å². The Morgan fingerprint density at radius 1 is 1.12 bits per heavy atom. The minimum absolute atomic E-state index is 0.0908. The summed E-state index contributed by atoms with van der Waals surface area (Å²) < 4.78 is 1.70. The number of ketones is 1. The number of thioether (sulfide) groups is 1. The zero-order chi connectivity index (χ0) is 17.9. The Kier molecular flexibility index (Phi) is 4.81. The smallest absolute Gasteiger partial charge is 0.212 e. The molecule has 1 aromatic carbocycles. The highest BCUT2D eigenvalue weighted by Crippen LogP contribution is 2.22. The van der Waals surface area contributed by atoms with E-state index in [0.717, 1.165) is 22.6 Å². The fourth-order valence-electron chi connectivity index (χ4n) is 2.56. The van der Waals surface area contributed by atoms with Gasteiger partial charge in [0, 0.05) is 5.56 Å². The van der Waals surface area contributed by atoms with Crippen molar-refractivity contribution < 1.29 is 4.79 Å². The molecule has 5 nitrogen and oxygen atoms in total. The van der Waals surface area contributed by atoms with Crippen LogP contribution in [0.15, 0.2) is 59.1 Å². The Bertz CT molecular complexity index is 1040. The van der Waals surface area contributed by atoms with Crippen molar-refractivity contribution in [3.8, 4) is 11.3 Å². The molecule has 4 rings (SSSR count). The number of thiophene rings is 1. The van der Waals surface area contributed by atoms with E-state index in [2.05, 4.69) is 46.5 Å². The van der Waals surface area contributed by atoms with E-state index in [1.54, 1.807) is 4.52 Å². The molecule has 4 aromatic rings. The van der Waals surface area contributed by atoms with Gasteiger partial charge in [0.1, 0.15) is 0 Å². The average molecular weight is 380 g/mol. The Balaban J connectivity index is 1.59. The van der Waals surface area contributed by atoms with E-state index >= 15 is 0 Å². The predicted molar refractivity (Wildman–Crippen MR) is 105 cm³/mol. The number of carbonyl (C=O) groups is 1. The second-order valence-electron chi connectivity index (χ2n) is 5.71. The highest BCUT2D eigenvalue weighted by Gasteiger charge is 2.13. The van der Waals surface area contributed by atoms with Crippen molar-refractivity contribution in [3.63, 3.8) is 0 Å². The van der Waals surface area contributed by atoms with Gasteiger partial charge in [0.05, 0.1) is 16.3 Å². The molecule has 7 heteroatoms. The maximum atomic E-state index is 12.2. The number of hydrogen-bond acceptors (Lipinski definition) is 6. The number of nitrogens with zero attached hydrogens (tertiary/aromatic N) is 4. The highest BCUT2D eigenvalue weighted by molar-refractivity contribution is 7.99. The third-order valence-electron chi connectivity index (χ3n) is 4.02. The third-order valence-corrected chi connectivity index (χ3v) is 5.85. The Hall–Kier alpha value is -2.51. The van der Waals surface area contributed by atoms with Crippen molar-refractivity contribution >= 4 is 34.5 Å². The largest absolute Gasteiger partial charge is 0.292 e. The van der Waals surface area contributed by atoms with Gasteiger partial charge in [0.2, 0.25) is 5.16 Å². The molecule has 0 bridgehead atoms. The molecule has 0 saturated carbocycles. The lowest BCUT2D eigenvalue weighted by atomic mass is 10.1. The van der Waals surface area contributed by atoms with Crippen molar-refractivity contribution in [2.45, 2.75) is 18.5 Å². The van der Waals surface area contributed by atoms with Crippen LogP contribution in [0.5, 0.6) is 0 Å². The lowest BCUT2D eigenvalue weighted by Crippen LogP contribution is -2.02. The number of benzene rings is 1. The van der Waals surface area contributed by atoms with Crippen LogP contribution in [0.1, 0.15) is 22.2 Å². The lowest BCUT2D eigenvalue weighted by molar-refractivity contribution is 0.102. The number of hydrogen-bond donors (Lipinski definition) is 0. The molecule has 0 spiro atoms. The van der Waals surface area contributed by atoms with Crippen LogP contribution in [0.2, 0.25) is 0 Å². The first-order chi connectivity index (χ1) is 12.7. The summed E-state index contributed by atoms with van der Waals surface area (Å²) in [7, 11) is 0. The van der Waals surface area contributed by atoms with Gasteiger partial charge in [-0.05, 0) is 35.6 Å². The first-order valence-electron chi connectivity index (χ1n) is 8.26. The third kappa shape index (κ3) is 3.40. The van der Waals surface area contributed by atoms with Gasteiger partial charge in [-0.25, -0.2) is 0 Å². The van der Waals surface area contributed by atoms with Crippen LogP contribution in [-0.2, 0) is 6.42 Å². The molecule has 0 fully saturated rings. The molecule has 130 valence electrons. The number of rotatable bonds is 6.